The zero-order valence-corrected chi connectivity index (χ0v) is 5.83. The van der Waals surface area contributed by atoms with Gasteiger partial charge in [-0.15, -0.1) is 0 Å². The van der Waals surface area contributed by atoms with Gasteiger partial charge in [0.1, 0.15) is 0 Å². The number of carbonyl (C=O) groups is 2. The Morgan fingerprint density at radius 2 is 1.82 bits per heavy atom. The minimum absolute atomic E-state index is 0.112. The second kappa shape index (κ2) is 4.32. The Bertz CT molecular complexity index is 187. The van der Waals surface area contributed by atoms with Gasteiger partial charge in [-0.1, -0.05) is 6.58 Å². The second-order valence-electron chi connectivity index (χ2n) is 1.93. The molecule has 1 amide bonds. The molecular formula is C6H9NO4. The molecule has 0 aliphatic heterocycles. The molecule has 3 N–H and O–H groups in total. The van der Waals surface area contributed by atoms with E-state index in [9.17, 15) is 9.59 Å². The number of carboxylic acid groups (broad SMARTS) is 2. The van der Waals surface area contributed by atoms with E-state index in [1.54, 1.807) is 0 Å². The van der Waals surface area contributed by atoms with E-state index in [1.165, 1.54) is 0 Å². The topological polar surface area (TPSA) is 86.6 Å². The van der Waals surface area contributed by atoms with E-state index in [0.29, 0.717) is 0 Å². The van der Waals surface area contributed by atoms with Gasteiger partial charge in [-0.2, -0.15) is 0 Å². The van der Waals surface area contributed by atoms with Crippen LogP contribution in [0.2, 0.25) is 0 Å². The molecule has 0 aromatic heterocycles. The summed E-state index contributed by atoms with van der Waals surface area (Å²) in [5.74, 6) is -0.974. The summed E-state index contributed by atoms with van der Waals surface area (Å²) in [6, 6.07) is 0. The summed E-state index contributed by atoms with van der Waals surface area (Å²) in [5, 5.41) is 18.3. The van der Waals surface area contributed by atoms with Crippen LogP contribution in [0.1, 0.15) is 12.8 Å². The van der Waals surface area contributed by atoms with Crippen molar-refractivity contribution in [3.8, 4) is 0 Å². The summed E-state index contributed by atoms with van der Waals surface area (Å²) in [6.07, 6.45) is -1.21. The Hall–Kier alpha value is -1.52. The van der Waals surface area contributed by atoms with Gasteiger partial charge in [0.15, 0.2) is 0 Å². The average molecular weight is 159 g/mol. The molecule has 0 aromatic rings. The fraction of sp³-hybridized carbons (Fsp3) is 0.333. The maximum atomic E-state index is 9.97. The van der Waals surface area contributed by atoms with Crippen LogP contribution in [0.4, 0.5) is 4.79 Å². The van der Waals surface area contributed by atoms with Gasteiger partial charge in [-0.25, -0.2) is 4.79 Å². The Morgan fingerprint density at radius 3 is 2.18 bits per heavy atom. The highest BCUT2D eigenvalue weighted by molar-refractivity contribution is 5.69. The molecule has 0 radical (unpaired) electrons. The number of aliphatic carboxylic acids is 1. The van der Waals surface area contributed by atoms with Gasteiger partial charge in [-0.05, 0) is 6.42 Å². The molecule has 0 bridgehead atoms. The van der Waals surface area contributed by atoms with Crippen LogP contribution in [-0.4, -0.2) is 22.3 Å². The van der Waals surface area contributed by atoms with Gasteiger partial charge in [0, 0.05) is 5.70 Å². The van der Waals surface area contributed by atoms with E-state index in [1.807, 2.05) is 5.32 Å². The third kappa shape index (κ3) is 6.36. The molecule has 0 aliphatic carbocycles. The van der Waals surface area contributed by atoms with Crippen molar-refractivity contribution in [2.45, 2.75) is 12.8 Å². The first-order valence-corrected chi connectivity index (χ1v) is 2.92. The minimum Gasteiger partial charge on any atom is -0.481 e. The van der Waals surface area contributed by atoms with Crippen LogP contribution in [0.3, 0.4) is 0 Å². The van der Waals surface area contributed by atoms with E-state index < -0.39 is 12.1 Å². The van der Waals surface area contributed by atoms with E-state index in [4.69, 9.17) is 10.2 Å². The molecule has 0 unspecified atom stereocenters. The Morgan fingerprint density at radius 1 is 1.27 bits per heavy atom. The molecule has 0 atom stereocenters. The monoisotopic (exact) mass is 159 g/mol. The smallest absolute Gasteiger partial charge is 0.408 e. The number of hydrogen-bond acceptors (Lipinski definition) is 2. The third-order valence-electron chi connectivity index (χ3n) is 0.924. The molecule has 0 aromatic carbocycles. The van der Waals surface area contributed by atoms with Crippen LogP contribution in [0, 0.1) is 0 Å². The highest BCUT2D eigenvalue weighted by Crippen LogP contribution is 1.97. The maximum Gasteiger partial charge on any atom is 0.408 e. The summed E-state index contributed by atoms with van der Waals surface area (Å²) >= 11 is 0. The Balaban J connectivity index is 3.53. The molecule has 5 heteroatoms. The van der Waals surface area contributed by atoms with Crippen molar-refractivity contribution in [2.24, 2.45) is 0 Å². The summed E-state index contributed by atoms with van der Waals surface area (Å²) < 4.78 is 0. The number of amides is 1. The summed E-state index contributed by atoms with van der Waals surface area (Å²) in [5.41, 5.74) is 0.194. The molecule has 5 nitrogen and oxygen atoms in total. The molecule has 0 aliphatic rings. The average Bonchev–Trinajstić information content (AvgIpc) is 1.82. The lowest BCUT2D eigenvalue weighted by atomic mass is 10.2. The van der Waals surface area contributed by atoms with Crippen molar-refractivity contribution in [1.82, 2.24) is 5.32 Å². The zero-order valence-electron chi connectivity index (χ0n) is 5.83. The molecule has 0 rings (SSSR count). The van der Waals surface area contributed by atoms with Crippen molar-refractivity contribution in [1.29, 1.82) is 0 Å². The summed E-state index contributed by atoms with van der Waals surface area (Å²) in [4.78, 5) is 19.9. The SMILES string of the molecule is C=C(CCC(=O)O)NC(=O)O. The molecule has 0 heterocycles. The minimum atomic E-state index is -1.22. The van der Waals surface area contributed by atoms with E-state index in [-0.39, 0.29) is 18.5 Å². The fourth-order valence-electron chi connectivity index (χ4n) is 0.472. The maximum absolute atomic E-state index is 9.97. The summed E-state index contributed by atoms with van der Waals surface area (Å²) in [7, 11) is 0. The van der Waals surface area contributed by atoms with Crippen LogP contribution in [-0.2, 0) is 4.79 Å². The number of hydrogen-bond donors (Lipinski definition) is 3. The molecule has 0 saturated heterocycles. The zero-order chi connectivity index (χ0) is 8.85. The quantitative estimate of drug-likeness (QED) is 0.561. The number of nitrogens with one attached hydrogen (secondary N) is 1. The highest BCUT2D eigenvalue weighted by atomic mass is 16.4. The van der Waals surface area contributed by atoms with E-state index in [0.717, 1.165) is 0 Å². The predicted molar refractivity (Wildman–Crippen MR) is 37.2 cm³/mol. The van der Waals surface area contributed by atoms with Gasteiger partial charge in [0.2, 0.25) is 0 Å². The van der Waals surface area contributed by atoms with Crippen LogP contribution in [0.25, 0.3) is 0 Å². The second-order valence-corrected chi connectivity index (χ2v) is 1.93. The van der Waals surface area contributed by atoms with Crippen LogP contribution in [0.5, 0.6) is 0 Å². The van der Waals surface area contributed by atoms with Crippen molar-refractivity contribution in [2.75, 3.05) is 0 Å². The molecule has 11 heavy (non-hydrogen) atoms. The molecule has 0 spiro atoms. The van der Waals surface area contributed by atoms with E-state index in [2.05, 4.69) is 6.58 Å². The first-order chi connectivity index (χ1) is 5.02. The fourth-order valence-corrected chi connectivity index (χ4v) is 0.472. The van der Waals surface area contributed by atoms with E-state index >= 15 is 0 Å². The van der Waals surface area contributed by atoms with Gasteiger partial charge in [0.05, 0.1) is 6.42 Å². The summed E-state index contributed by atoms with van der Waals surface area (Å²) in [6.45, 7) is 3.31. The first-order valence-electron chi connectivity index (χ1n) is 2.92. The van der Waals surface area contributed by atoms with Gasteiger partial charge in [0.25, 0.3) is 0 Å². The normalized spacial score (nSPS) is 8.73. The number of allylic oxidation sites excluding steroid dienone is 1. The highest BCUT2D eigenvalue weighted by Gasteiger charge is 2.01. The number of carboxylic acids is 1. The third-order valence-corrected chi connectivity index (χ3v) is 0.924. The Kier molecular flexibility index (Phi) is 3.72. The van der Waals surface area contributed by atoms with Crippen LogP contribution >= 0.6 is 0 Å². The number of rotatable bonds is 4. The lowest BCUT2D eigenvalue weighted by molar-refractivity contribution is -0.136. The first kappa shape index (κ1) is 9.48. The molecular weight excluding hydrogens is 150 g/mol. The van der Waals surface area contributed by atoms with Crippen molar-refractivity contribution < 1.29 is 19.8 Å². The van der Waals surface area contributed by atoms with Crippen LogP contribution < -0.4 is 5.32 Å². The standard InChI is InChI=1S/C6H9NO4/c1-4(7-6(10)11)2-3-5(8)9/h7H,1-3H2,(H,8,9)(H,10,11). The van der Waals surface area contributed by atoms with Crippen molar-refractivity contribution in [3.05, 3.63) is 12.3 Å². The Labute approximate surface area is 63.3 Å². The van der Waals surface area contributed by atoms with Crippen molar-refractivity contribution in [3.63, 3.8) is 0 Å². The lowest BCUT2D eigenvalue weighted by Gasteiger charge is -2.01. The molecule has 0 saturated carbocycles. The predicted octanol–water partition coefficient (Wildman–Crippen LogP) is 0.633. The van der Waals surface area contributed by atoms with Gasteiger partial charge < -0.3 is 10.2 Å². The largest absolute Gasteiger partial charge is 0.481 e. The molecule has 62 valence electrons. The van der Waals surface area contributed by atoms with Gasteiger partial charge in [-0.3, -0.25) is 10.1 Å². The van der Waals surface area contributed by atoms with Gasteiger partial charge >= 0.3 is 12.1 Å². The van der Waals surface area contributed by atoms with Crippen molar-refractivity contribution >= 4 is 12.1 Å². The lowest BCUT2D eigenvalue weighted by Crippen LogP contribution is -2.19. The van der Waals surface area contributed by atoms with Crippen LogP contribution in [0.15, 0.2) is 12.3 Å². The molecule has 0 fully saturated rings.